The highest BCUT2D eigenvalue weighted by Gasteiger charge is 2.33. The van der Waals surface area contributed by atoms with Gasteiger partial charge in [0.05, 0.1) is 6.61 Å². The van der Waals surface area contributed by atoms with Crippen LogP contribution in [0.5, 0.6) is 5.75 Å². The minimum atomic E-state index is -4.76. The van der Waals surface area contributed by atoms with Gasteiger partial charge in [0.25, 0.3) is 0 Å². The van der Waals surface area contributed by atoms with E-state index < -0.39 is 14.6 Å². The predicted octanol–water partition coefficient (Wildman–Crippen LogP) is 7.63. The Balaban J connectivity index is 1.51. The van der Waals surface area contributed by atoms with Gasteiger partial charge >= 0.3 is 14.6 Å². The SMILES string of the molecule is O=[PH](O)OCCCNCc1ccc(SCCCCC2(c3ccccc3)CCCCC2)c(OC(F)(F)F)c1. The van der Waals surface area contributed by atoms with Gasteiger partial charge in [0.1, 0.15) is 5.75 Å². The Bertz CT molecular complexity index is 972. The molecule has 37 heavy (non-hydrogen) atoms. The molecule has 206 valence electrons. The van der Waals surface area contributed by atoms with Crippen LogP contribution in [0.2, 0.25) is 0 Å². The van der Waals surface area contributed by atoms with Crippen LogP contribution in [0.3, 0.4) is 0 Å². The van der Waals surface area contributed by atoms with Crippen molar-refractivity contribution in [3.63, 3.8) is 0 Å². The highest BCUT2D eigenvalue weighted by molar-refractivity contribution is 7.99. The Hall–Kier alpha value is -1.51. The second-order valence-corrected chi connectivity index (χ2v) is 11.4. The standard InChI is InChI=1S/C27H37F3NO4PS/c28-27(29,30)35-24-20-22(21-31-17-9-18-34-36(32)33)12-13-25(24)37-19-8-7-16-26(14-5-2-6-15-26)23-10-3-1-4-11-23/h1,3-4,10-13,20,31,36H,2,5-9,14-19,21H2,(H,32,33). The molecule has 1 aliphatic carbocycles. The molecule has 3 rings (SSSR count). The first-order valence-electron chi connectivity index (χ1n) is 12.9. The number of unbranched alkanes of at least 4 members (excludes halogenated alkanes) is 1. The first-order valence-corrected chi connectivity index (χ1v) is 15.2. The van der Waals surface area contributed by atoms with Crippen molar-refractivity contribution in [2.75, 3.05) is 18.9 Å². The summed E-state index contributed by atoms with van der Waals surface area (Å²) < 4.78 is 58.7. The van der Waals surface area contributed by atoms with E-state index in [4.69, 9.17) is 4.89 Å². The van der Waals surface area contributed by atoms with Crippen LogP contribution < -0.4 is 10.1 Å². The highest BCUT2D eigenvalue weighted by atomic mass is 32.2. The van der Waals surface area contributed by atoms with Crippen LogP contribution in [0.25, 0.3) is 0 Å². The minimum absolute atomic E-state index is 0.145. The molecule has 1 saturated carbocycles. The van der Waals surface area contributed by atoms with E-state index in [2.05, 4.69) is 44.9 Å². The van der Waals surface area contributed by atoms with Crippen molar-refractivity contribution >= 4 is 20.0 Å². The molecule has 1 atom stereocenters. The Kier molecular flexibility index (Phi) is 12.3. The Morgan fingerprint density at radius 2 is 1.78 bits per heavy atom. The lowest BCUT2D eigenvalue weighted by atomic mass is 9.67. The molecule has 5 nitrogen and oxygen atoms in total. The van der Waals surface area contributed by atoms with E-state index in [-0.39, 0.29) is 17.8 Å². The molecule has 2 aromatic rings. The predicted molar refractivity (Wildman–Crippen MR) is 142 cm³/mol. The summed E-state index contributed by atoms with van der Waals surface area (Å²) in [6, 6.07) is 15.7. The molecule has 2 N–H and O–H groups in total. The lowest BCUT2D eigenvalue weighted by Gasteiger charge is -2.38. The molecule has 0 saturated heterocycles. The number of hydrogen-bond donors (Lipinski definition) is 2. The average Bonchev–Trinajstić information content (AvgIpc) is 2.87. The molecule has 1 aliphatic rings. The monoisotopic (exact) mass is 559 g/mol. The minimum Gasteiger partial charge on any atom is -0.405 e. The van der Waals surface area contributed by atoms with E-state index in [9.17, 15) is 17.7 Å². The Labute approximate surface area is 222 Å². The van der Waals surface area contributed by atoms with E-state index in [0.717, 1.165) is 25.0 Å². The fourth-order valence-corrected chi connectivity index (χ4v) is 6.32. The van der Waals surface area contributed by atoms with Gasteiger partial charge in [-0.15, -0.1) is 24.9 Å². The van der Waals surface area contributed by atoms with Gasteiger partial charge in [-0.25, -0.2) is 0 Å². The number of alkyl halides is 3. The number of halogens is 3. The van der Waals surface area contributed by atoms with Crippen LogP contribution in [-0.2, 0) is 21.0 Å². The maximum Gasteiger partial charge on any atom is 0.573 e. The molecule has 10 heteroatoms. The molecule has 0 heterocycles. The second-order valence-electron chi connectivity index (χ2n) is 9.49. The molecular weight excluding hydrogens is 522 g/mol. The maximum absolute atomic E-state index is 13.1. The summed E-state index contributed by atoms with van der Waals surface area (Å²) >= 11 is 1.40. The highest BCUT2D eigenvalue weighted by Crippen LogP contribution is 2.43. The van der Waals surface area contributed by atoms with Gasteiger partial charge < -0.3 is 19.5 Å². The maximum atomic E-state index is 13.1. The molecule has 0 aromatic heterocycles. The number of hydrogen-bond acceptors (Lipinski definition) is 5. The second kappa shape index (κ2) is 15.2. The normalized spacial score (nSPS) is 16.4. The summed E-state index contributed by atoms with van der Waals surface area (Å²) in [5.74, 6) is 0.553. The van der Waals surface area contributed by atoms with Gasteiger partial charge in [0, 0.05) is 11.4 Å². The van der Waals surface area contributed by atoms with Crippen LogP contribution in [0.15, 0.2) is 53.4 Å². The van der Waals surface area contributed by atoms with Crippen LogP contribution in [0.4, 0.5) is 13.2 Å². The largest absolute Gasteiger partial charge is 0.573 e. The number of ether oxygens (including phenoxy) is 1. The van der Waals surface area contributed by atoms with Crippen molar-refractivity contribution < 1.29 is 31.9 Å². The van der Waals surface area contributed by atoms with Gasteiger partial charge in [-0.3, -0.25) is 4.57 Å². The average molecular weight is 560 g/mol. The van der Waals surface area contributed by atoms with Crippen LogP contribution >= 0.6 is 20.0 Å². The zero-order valence-electron chi connectivity index (χ0n) is 21.0. The van der Waals surface area contributed by atoms with Gasteiger partial charge in [-0.05, 0) is 73.1 Å². The molecule has 0 aliphatic heterocycles. The van der Waals surface area contributed by atoms with Gasteiger partial charge in [-0.1, -0.05) is 62.1 Å². The molecule has 0 radical (unpaired) electrons. The van der Waals surface area contributed by atoms with Crippen molar-refractivity contribution in [2.45, 2.75) is 81.0 Å². The zero-order chi connectivity index (χ0) is 26.6. The summed E-state index contributed by atoms with van der Waals surface area (Å²) in [7, 11) is -2.94. The fraction of sp³-hybridized carbons (Fsp3) is 0.556. The van der Waals surface area contributed by atoms with Crippen molar-refractivity contribution in [1.82, 2.24) is 5.32 Å². The van der Waals surface area contributed by atoms with Crippen LogP contribution in [0, 0.1) is 0 Å². The number of nitrogens with one attached hydrogen (secondary N) is 1. The van der Waals surface area contributed by atoms with E-state index in [1.54, 1.807) is 12.1 Å². The number of benzene rings is 2. The smallest absolute Gasteiger partial charge is 0.405 e. The molecule has 0 amide bonds. The summed E-state index contributed by atoms with van der Waals surface area (Å²) in [6.07, 6.45) is 5.03. The number of thioether (sulfide) groups is 1. The first-order chi connectivity index (χ1) is 17.8. The Morgan fingerprint density at radius 3 is 2.49 bits per heavy atom. The fourth-order valence-electron chi connectivity index (χ4n) is 5.03. The third-order valence-electron chi connectivity index (χ3n) is 6.79. The molecule has 1 fully saturated rings. The third kappa shape index (κ3) is 10.6. The van der Waals surface area contributed by atoms with E-state index in [1.165, 1.54) is 55.5 Å². The Morgan fingerprint density at radius 1 is 1.03 bits per heavy atom. The van der Waals surface area contributed by atoms with E-state index in [1.807, 2.05) is 0 Å². The molecule has 2 aromatic carbocycles. The topological polar surface area (TPSA) is 67.8 Å². The van der Waals surface area contributed by atoms with Crippen molar-refractivity contribution in [3.05, 3.63) is 59.7 Å². The number of rotatable bonds is 15. The summed E-state index contributed by atoms with van der Waals surface area (Å²) in [6.45, 7) is 1.01. The van der Waals surface area contributed by atoms with E-state index >= 15 is 0 Å². The third-order valence-corrected chi connectivity index (χ3v) is 8.38. The van der Waals surface area contributed by atoms with Crippen LogP contribution in [-0.4, -0.2) is 30.2 Å². The van der Waals surface area contributed by atoms with Crippen molar-refractivity contribution in [3.8, 4) is 5.75 Å². The van der Waals surface area contributed by atoms with Crippen LogP contribution in [0.1, 0.15) is 68.9 Å². The molecular formula is C27H37F3NO4PS. The first kappa shape index (κ1) is 30.0. The lowest BCUT2D eigenvalue weighted by Crippen LogP contribution is -2.29. The van der Waals surface area contributed by atoms with Crippen molar-refractivity contribution in [1.29, 1.82) is 0 Å². The summed E-state index contributed by atoms with van der Waals surface area (Å²) in [5, 5.41) is 3.10. The van der Waals surface area contributed by atoms with Gasteiger partial charge in [-0.2, -0.15) is 0 Å². The lowest BCUT2D eigenvalue weighted by molar-refractivity contribution is -0.275. The molecule has 1 unspecified atom stereocenters. The van der Waals surface area contributed by atoms with E-state index in [0.29, 0.717) is 30.0 Å². The van der Waals surface area contributed by atoms with Gasteiger partial charge in [0.15, 0.2) is 0 Å². The summed E-state index contributed by atoms with van der Waals surface area (Å²) in [4.78, 5) is 9.13. The van der Waals surface area contributed by atoms with Crippen molar-refractivity contribution in [2.24, 2.45) is 0 Å². The molecule has 0 bridgehead atoms. The quantitative estimate of drug-likeness (QED) is 0.133. The van der Waals surface area contributed by atoms with Gasteiger partial charge in [0.2, 0.25) is 0 Å². The summed E-state index contributed by atoms with van der Waals surface area (Å²) in [5.41, 5.74) is 2.32. The zero-order valence-corrected chi connectivity index (χ0v) is 22.8. The molecule has 0 spiro atoms.